The molecule has 20 heavy (non-hydrogen) atoms. The zero-order chi connectivity index (χ0) is 14.5. The van der Waals surface area contributed by atoms with Crippen molar-refractivity contribution in [2.45, 2.75) is 19.6 Å². The molecular formula is C14H16N2O3S. The van der Waals surface area contributed by atoms with Crippen LogP contribution in [0.1, 0.15) is 18.4 Å². The Morgan fingerprint density at radius 2 is 2.10 bits per heavy atom. The largest absolute Gasteiger partial charge is 0.481 e. The molecule has 1 aromatic heterocycles. The molecule has 0 bridgehead atoms. The summed E-state index contributed by atoms with van der Waals surface area (Å²) in [6, 6.07) is 7.89. The average Bonchev–Trinajstić information content (AvgIpc) is 2.88. The van der Waals surface area contributed by atoms with Gasteiger partial charge in [-0.2, -0.15) is 16.7 Å². The number of nitrogens with zero attached hydrogens (tertiary/aromatic N) is 2. The quantitative estimate of drug-likeness (QED) is 0.882. The van der Waals surface area contributed by atoms with Crippen LogP contribution in [-0.4, -0.2) is 27.0 Å². The van der Waals surface area contributed by atoms with E-state index in [1.165, 1.54) is 17.3 Å². The Morgan fingerprint density at radius 3 is 2.75 bits per heavy atom. The number of aromatic nitrogens is 2. The van der Waals surface area contributed by atoms with Crippen LogP contribution in [0.3, 0.4) is 0 Å². The molecular weight excluding hydrogens is 276 g/mol. The van der Waals surface area contributed by atoms with E-state index in [0.717, 1.165) is 5.56 Å². The van der Waals surface area contributed by atoms with E-state index in [0.29, 0.717) is 23.2 Å². The lowest BCUT2D eigenvalue weighted by molar-refractivity contribution is -0.140. The number of aryl methyl sites for hydroxylation is 1. The van der Waals surface area contributed by atoms with E-state index in [1.54, 1.807) is 6.92 Å². The van der Waals surface area contributed by atoms with Gasteiger partial charge in [0.05, 0.1) is 11.7 Å². The molecule has 1 atom stereocenters. The highest BCUT2D eigenvalue weighted by Gasteiger charge is 2.13. The van der Waals surface area contributed by atoms with Gasteiger partial charge < -0.3 is 9.63 Å². The molecule has 0 saturated heterocycles. The summed E-state index contributed by atoms with van der Waals surface area (Å²) >= 11 is 1.48. The van der Waals surface area contributed by atoms with E-state index in [4.69, 9.17) is 9.63 Å². The van der Waals surface area contributed by atoms with E-state index >= 15 is 0 Å². The van der Waals surface area contributed by atoms with Crippen LogP contribution in [0, 0.1) is 12.8 Å². The minimum absolute atomic E-state index is 0.375. The molecule has 106 valence electrons. The second-order valence-electron chi connectivity index (χ2n) is 4.63. The van der Waals surface area contributed by atoms with Gasteiger partial charge in [-0.05, 0) is 6.92 Å². The Bertz CT molecular complexity index is 580. The zero-order valence-corrected chi connectivity index (χ0v) is 12.2. The maximum atomic E-state index is 10.7. The van der Waals surface area contributed by atoms with E-state index < -0.39 is 5.97 Å². The lowest BCUT2D eigenvalue weighted by Gasteiger charge is -2.02. The fourth-order valence-electron chi connectivity index (χ4n) is 1.53. The van der Waals surface area contributed by atoms with Crippen LogP contribution in [0.2, 0.25) is 0 Å². The highest BCUT2D eigenvalue weighted by molar-refractivity contribution is 7.98. The highest BCUT2D eigenvalue weighted by Crippen LogP contribution is 2.19. The molecule has 0 aliphatic carbocycles. The second-order valence-corrected chi connectivity index (χ2v) is 5.66. The standard InChI is InChI=1S/C14H16N2O3S/c1-9-3-5-11(6-4-9)13-15-12(19-16-13)8-20-7-10(2)14(17)18/h3-6,10H,7-8H2,1-2H3,(H,17,18). The van der Waals surface area contributed by atoms with Crippen molar-refractivity contribution < 1.29 is 14.4 Å². The van der Waals surface area contributed by atoms with Crippen LogP contribution >= 0.6 is 11.8 Å². The first-order valence-corrected chi connectivity index (χ1v) is 7.42. The molecule has 0 aliphatic rings. The van der Waals surface area contributed by atoms with Crippen molar-refractivity contribution in [1.82, 2.24) is 10.1 Å². The Labute approximate surface area is 121 Å². The molecule has 2 rings (SSSR count). The van der Waals surface area contributed by atoms with Crippen LogP contribution < -0.4 is 0 Å². The Kier molecular flexibility index (Phi) is 4.79. The van der Waals surface area contributed by atoms with Crippen molar-refractivity contribution in [3.63, 3.8) is 0 Å². The number of hydrogen-bond donors (Lipinski definition) is 1. The Balaban J connectivity index is 1.92. The molecule has 1 aromatic carbocycles. The van der Waals surface area contributed by atoms with Gasteiger partial charge in [0.2, 0.25) is 11.7 Å². The van der Waals surface area contributed by atoms with Gasteiger partial charge in [0, 0.05) is 11.3 Å². The smallest absolute Gasteiger partial charge is 0.307 e. The summed E-state index contributed by atoms with van der Waals surface area (Å²) in [6.45, 7) is 3.70. The summed E-state index contributed by atoms with van der Waals surface area (Å²) in [5.41, 5.74) is 2.09. The third kappa shape index (κ3) is 3.84. The van der Waals surface area contributed by atoms with Crippen LogP contribution in [0.5, 0.6) is 0 Å². The van der Waals surface area contributed by atoms with E-state index in [1.807, 2.05) is 31.2 Å². The molecule has 1 heterocycles. The lowest BCUT2D eigenvalue weighted by atomic mass is 10.1. The molecule has 0 radical (unpaired) electrons. The molecule has 2 aromatic rings. The van der Waals surface area contributed by atoms with Gasteiger partial charge in [0.1, 0.15) is 0 Å². The molecule has 0 fully saturated rings. The number of rotatable bonds is 6. The van der Waals surface area contributed by atoms with Crippen LogP contribution in [0.25, 0.3) is 11.4 Å². The number of benzene rings is 1. The third-order valence-corrected chi connectivity index (χ3v) is 3.98. The maximum Gasteiger partial charge on any atom is 0.307 e. The summed E-state index contributed by atoms with van der Waals surface area (Å²) in [4.78, 5) is 15.0. The number of aliphatic carboxylic acids is 1. The topological polar surface area (TPSA) is 76.2 Å². The molecule has 6 heteroatoms. The first kappa shape index (κ1) is 14.6. The predicted octanol–water partition coefficient (Wildman–Crippen LogP) is 3.00. The fourth-order valence-corrected chi connectivity index (χ4v) is 2.43. The van der Waals surface area contributed by atoms with Crippen molar-refractivity contribution >= 4 is 17.7 Å². The number of carboxylic acids is 1. The van der Waals surface area contributed by atoms with Crippen LogP contribution in [0.4, 0.5) is 0 Å². The Morgan fingerprint density at radius 1 is 1.40 bits per heavy atom. The van der Waals surface area contributed by atoms with Gasteiger partial charge >= 0.3 is 5.97 Å². The number of hydrogen-bond acceptors (Lipinski definition) is 5. The zero-order valence-electron chi connectivity index (χ0n) is 11.4. The summed E-state index contributed by atoms with van der Waals surface area (Å²) in [5.74, 6) is 0.964. The average molecular weight is 292 g/mol. The van der Waals surface area contributed by atoms with E-state index in [2.05, 4.69) is 10.1 Å². The summed E-state index contributed by atoms with van der Waals surface area (Å²) in [6.07, 6.45) is 0. The van der Waals surface area contributed by atoms with E-state index in [-0.39, 0.29) is 5.92 Å². The highest BCUT2D eigenvalue weighted by atomic mass is 32.2. The van der Waals surface area contributed by atoms with Gasteiger partial charge in [0.15, 0.2) is 0 Å². The molecule has 1 N–H and O–H groups in total. The molecule has 0 amide bonds. The molecule has 5 nitrogen and oxygen atoms in total. The number of carboxylic acid groups (broad SMARTS) is 1. The first-order chi connectivity index (χ1) is 9.56. The normalized spacial score (nSPS) is 12.3. The van der Waals surface area contributed by atoms with Crippen molar-refractivity contribution in [2.75, 3.05) is 5.75 Å². The van der Waals surface area contributed by atoms with Gasteiger partial charge in [-0.25, -0.2) is 0 Å². The molecule has 0 aliphatic heterocycles. The lowest BCUT2D eigenvalue weighted by Crippen LogP contribution is -2.11. The Hall–Kier alpha value is -1.82. The van der Waals surface area contributed by atoms with Crippen molar-refractivity contribution in [3.8, 4) is 11.4 Å². The molecule has 1 unspecified atom stereocenters. The van der Waals surface area contributed by atoms with Crippen molar-refractivity contribution in [1.29, 1.82) is 0 Å². The van der Waals surface area contributed by atoms with Crippen LogP contribution in [0.15, 0.2) is 28.8 Å². The minimum atomic E-state index is -0.789. The predicted molar refractivity (Wildman–Crippen MR) is 77.4 cm³/mol. The fraction of sp³-hybridized carbons (Fsp3) is 0.357. The molecule has 0 saturated carbocycles. The summed E-state index contributed by atoms with van der Waals surface area (Å²) in [5, 5.41) is 12.7. The van der Waals surface area contributed by atoms with Gasteiger partial charge in [-0.15, -0.1) is 0 Å². The minimum Gasteiger partial charge on any atom is -0.481 e. The number of thioether (sulfide) groups is 1. The van der Waals surface area contributed by atoms with Gasteiger partial charge in [-0.3, -0.25) is 4.79 Å². The van der Waals surface area contributed by atoms with Crippen molar-refractivity contribution in [2.24, 2.45) is 5.92 Å². The van der Waals surface area contributed by atoms with Crippen molar-refractivity contribution in [3.05, 3.63) is 35.7 Å². The van der Waals surface area contributed by atoms with E-state index in [9.17, 15) is 4.79 Å². The summed E-state index contributed by atoms with van der Waals surface area (Å²) < 4.78 is 5.16. The maximum absolute atomic E-state index is 10.7. The molecule has 0 spiro atoms. The van der Waals surface area contributed by atoms with Crippen LogP contribution in [-0.2, 0) is 10.5 Å². The SMILES string of the molecule is Cc1ccc(-c2noc(CSCC(C)C(=O)O)n2)cc1. The number of carbonyl (C=O) groups is 1. The van der Waals surface area contributed by atoms with Gasteiger partial charge in [-0.1, -0.05) is 41.9 Å². The monoisotopic (exact) mass is 292 g/mol. The first-order valence-electron chi connectivity index (χ1n) is 6.26. The van der Waals surface area contributed by atoms with Gasteiger partial charge in [0.25, 0.3) is 0 Å². The second kappa shape index (κ2) is 6.56. The third-order valence-electron chi connectivity index (χ3n) is 2.79. The summed E-state index contributed by atoms with van der Waals surface area (Å²) in [7, 11) is 0.